The predicted molar refractivity (Wildman–Crippen MR) is 162 cm³/mol. The van der Waals surface area contributed by atoms with E-state index < -0.39 is 42.4 Å². The molecule has 232 valence electrons. The first-order valence-corrected chi connectivity index (χ1v) is 14.5. The number of hydrogen-bond donors (Lipinski definition) is 0. The zero-order valence-electron chi connectivity index (χ0n) is 24.6. The molecule has 2 heterocycles. The SMILES string of the molecule is Cc1cc(-c2cn([C@@H]3O[C@H](COC(=O)c4ccccc4)[C@@H](OC(=O)c4ccccc4)[C@H]3OC(=O)c3ccccc3)nn2)ccc1F. The number of halogens is 1. The van der Waals surface area contributed by atoms with Gasteiger partial charge in [-0.3, -0.25) is 0 Å². The molecular formula is C35H28FN3O7. The number of hydrogen-bond acceptors (Lipinski definition) is 9. The Morgan fingerprint density at radius 2 is 1.30 bits per heavy atom. The normalized spacial score (nSPS) is 18.9. The first-order chi connectivity index (χ1) is 22.4. The van der Waals surface area contributed by atoms with Crippen molar-refractivity contribution in [3.05, 3.63) is 143 Å². The number of rotatable bonds is 9. The highest BCUT2D eigenvalue weighted by molar-refractivity contribution is 5.91. The van der Waals surface area contributed by atoms with E-state index in [1.165, 1.54) is 10.7 Å². The molecule has 0 spiro atoms. The standard InChI is InChI=1S/C35H28FN3O7/c1-22-19-26(17-18-27(22)36)28-20-39(38-37-28)32-31(46-35(42)25-15-9-4-10-16-25)30(45-34(41)24-13-7-3-8-14-24)29(44-32)21-43-33(40)23-11-5-2-6-12-23/h2-20,29-32H,21H2,1H3/t29-,30-,31-,32-/m1/s1. The molecule has 5 aromatic rings. The Balaban J connectivity index is 1.34. The highest BCUT2D eigenvalue weighted by Crippen LogP contribution is 2.36. The summed E-state index contributed by atoms with van der Waals surface area (Å²) in [5, 5.41) is 8.44. The van der Waals surface area contributed by atoms with E-state index in [0.717, 1.165) is 0 Å². The molecular weight excluding hydrogens is 593 g/mol. The Bertz CT molecular complexity index is 1830. The lowest BCUT2D eigenvalue weighted by Crippen LogP contribution is -2.41. The summed E-state index contributed by atoms with van der Waals surface area (Å²) in [6.45, 7) is 1.30. The molecule has 10 nitrogen and oxygen atoms in total. The van der Waals surface area contributed by atoms with Gasteiger partial charge in [-0.1, -0.05) is 59.8 Å². The molecule has 0 unspecified atom stereocenters. The zero-order chi connectivity index (χ0) is 32.0. The molecule has 46 heavy (non-hydrogen) atoms. The van der Waals surface area contributed by atoms with Gasteiger partial charge in [-0.2, -0.15) is 0 Å². The van der Waals surface area contributed by atoms with Gasteiger partial charge in [0, 0.05) is 5.56 Å². The predicted octanol–water partition coefficient (Wildman–Crippen LogP) is 5.60. The Kier molecular flexibility index (Phi) is 8.93. The van der Waals surface area contributed by atoms with Crippen molar-refractivity contribution in [3.8, 4) is 11.3 Å². The van der Waals surface area contributed by atoms with Crippen molar-refractivity contribution in [2.45, 2.75) is 31.5 Å². The lowest BCUT2D eigenvalue weighted by molar-refractivity contribution is -0.0678. The van der Waals surface area contributed by atoms with E-state index in [1.54, 1.807) is 116 Å². The van der Waals surface area contributed by atoms with Crippen molar-refractivity contribution in [1.82, 2.24) is 15.0 Å². The van der Waals surface area contributed by atoms with E-state index in [4.69, 9.17) is 18.9 Å². The Morgan fingerprint density at radius 3 is 1.87 bits per heavy atom. The summed E-state index contributed by atoms with van der Waals surface area (Å²) in [6.07, 6.45) is -3.14. The van der Waals surface area contributed by atoms with Crippen molar-refractivity contribution < 1.29 is 37.7 Å². The smallest absolute Gasteiger partial charge is 0.338 e. The summed E-state index contributed by atoms with van der Waals surface area (Å²) < 4.78 is 39.0. The third kappa shape index (κ3) is 6.69. The van der Waals surface area contributed by atoms with Crippen LogP contribution in [0.2, 0.25) is 0 Å². The van der Waals surface area contributed by atoms with Gasteiger partial charge in [0.25, 0.3) is 0 Å². The van der Waals surface area contributed by atoms with Gasteiger partial charge >= 0.3 is 17.9 Å². The fraction of sp³-hybridized carbons (Fsp3) is 0.171. The minimum absolute atomic E-state index is 0.258. The molecule has 1 aliphatic rings. The number of aryl methyl sites for hydroxylation is 1. The van der Waals surface area contributed by atoms with Gasteiger partial charge in [-0.25, -0.2) is 23.5 Å². The first kappa shape index (κ1) is 30.4. The van der Waals surface area contributed by atoms with Crippen LogP contribution in [0.3, 0.4) is 0 Å². The van der Waals surface area contributed by atoms with Gasteiger partial charge in [0.2, 0.25) is 0 Å². The third-order valence-electron chi connectivity index (χ3n) is 7.40. The van der Waals surface area contributed by atoms with E-state index in [1.807, 2.05) is 0 Å². The second kappa shape index (κ2) is 13.5. The average molecular weight is 622 g/mol. The highest BCUT2D eigenvalue weighted by atomic mass is 19.1. The minimum atomic E-state index is -1.25. The molecule has 0 N–H and O–H groups in total. The lowest BCUT2D eigenvalue weighted by atomic mass is 10.1. The summed E-state index contributed by atoms with van der Waals surface area (Å²) in [4.78, 5) is 39.5. The summed E-state index contributed by atoms with van der Waals surface area (Å²) >= 11 is 0. The molecule has 0 saturated carbocycles. The van der Waals surface area contributed by atoms with Gasteiger partial charge in [0.15, 0.2) is 18.4 Å². The van der Waals surface area contributed by atoms with Gasteiger partial charge in [0.1, 0.15) is 24.2 Å². The van der Waals surface area contributed by atoms with Crippen LogP contribution in [0.5, 0.6) is 0 Å². The minimum Gasteiger partial charge on any atom is -0.459 e. The summed E-state index contributed by atoms with van der Waals surface area (Å²) in [6, 6.07) is 29.5. The monoisotopic (exact) mass is 621 g/mol. The van der Waals surface area contributed by atoms with Crippen LogP contribution in [0.15, 0.2) is 115 Å². The number of benzene rings is 4. The quantitative estimate of drug-likeness (QED) is 0.153. The van der Waals surface area contributed by atoms with E-state index in [0.29, 0.717) is 22.4 Å². The van der Waals surface area contributed by atoms with Crippen LogP contribution in [0, 0.1) is 12.7 Å². The summed E-state index contributed by atoms with van der Waals surface area (Å²) in [7, 11) is 0. The molecule has 0 aliphatic carbocycles. The van der Waals surface area contributed by atoms with Gasteiger partial charge in [-0.05, 0) is 67.1 Å². The van der Waals surface area contributed by atoms with Crippen LogP contribution in [0.4, 0.5) is 4.39 Å². The van der Waals surface area contributed by atoms with Gasteiger partial charge < -0.3 is 18.9 Å². The number of ether oxygens (including phenoxy) is 4. The first-order valence-electron chi connectivity index (χ1n) is 14.5. The third-order valence-corrected chi connectivity index (χ3v) is 7.40. The largest absolute Gasteiger partial charge is 0.459 e. The van der Waals surface area contributed by atoms with E-state index in [9.17, 15) is 18.8 Å². The van der Waals surface area contributed by atoms with Crippen LogP contribution in [-0.2, 0) is 18.9 Å². The summed E-state index contributed by atoms with van der Waals surface area (Å²) in [5.74, 6) is -2.38. The second-order valence-corrected chi connectivity index (χ2v) is 10.5. The van der Waals surface area contributed by atoms with Crippen LogP contribution < -0.4 is 0 Å². The molecule has 1 aromatic heterocycles. The van der Waals surface area contributed by atoms with Crippen molar-refractivity contribution in [2.24, 2.45) is 0 Å². The van der Waals surface area contributed by atoms with Crippen molar-refractivity contribution >= 4 is 17.9 Å². The van der Waals surface area contributed by atoms with E-state index >= 15 is 0 Å². The Labute approximate surface area is 263 Å². The maximum atomic E-state index is 13.9. The molecule has 11 heteroatoms. The average Bonchev–Trinajstić information content (AvgIpc) is 3.71. The second-order valence-electron chi connectivity index (χ2n) is 10.5. The molecule has 1 aliphatic heterocycles. The van der Waals surface area contributed by atoms with Crippen LogP contribution in [0.1, 0.15) is 42.9 Å². The van der Waals surface area contributed by atoms with Crippen LogP contribution in [0.25, 0.3) is 11.3 Å². The van der Waals surface area contributed by atoms with Gasteiger partial charge in [0.05, 0.1) is 22.9 Å². The molecule has 4 atom stereocenters. The molecule has 1 saturated heterocycles. The zero-order valence-corrected chi connectivity index (χ0v) is 24.6. The van der Waals surface area contributed by atoms with Gasteiger partial charge in [-0.15, -0.1) is 5.10 Å². The number of esters is 3. The molecule has 1 fully saturated rings. The molecule has 0 radical (unpaired) electrons. The van der Waals surface area contributed by atoms with Crippen molar-refractivity contribution in [2.75, 3.05) is 6.61 Å². The van der Waals surface area contributed by atoms with Crippen LogP contribution >= 0.6 is 0 Å². The van der Waals surface area contributed by atoms with E-state index in [2.05, 4.69) is 10.3 Å². The Hall–Kier alpha value is -5.68. The maximum Gasteiger partial charge on any atom is 0.338 e. The van der Waals surface area contributed by atoms with Crippen molar-refractivity contribution in [3.63, 3.8) is 0 Å². The van der Waals surface area contributed by atoms with E-state index in [-0.39, 0.29) is 23.6 Å². The topological polar surface area (TPSA) is 119 Å². The highest BCUT2D eigenvalue weighted by Gasteiger charge is 2.52. The fourth-order valence-electron chi connectivity index (χ4n) is 5.01. The number of nitrogens with zero attached hydrogens (tertiary/aromatic N) is 3. The van der Waals surface area contributed by atoms with Crippen molar-refractivity contribution in [1.29, 1.82) is 0 Å². The Morgan fingerprint density at radius 1 is 0.761 bits per heavy atom. The number of aromatic nitrogens is 3. The van der Waals surface area contributed by atoms with Crippen LogP contribution in [-0.4, -0.2) is 57.8 Å². The molecule has 4 aromatic carbocycles. The molecule has 6 rings (SSSR count). The summed E-state index contributed by atoms with van der Waals surface area (Å²) in [5.41, 5.74) is 2.26. The molecule has 0 bridgehead atoms. The maximum absolute atomic E-state index is 13.9. The number of carbonyl (C=O) groups is 3. The fourth-order valence-corrected chi connectivity index (χ4v) is 5.01. The molecule has 0 amide bonds. The number of carbonyl (C=O) groups excluding carboxylic acids is 3. The lowest BCUT2D eigenvalue weighted by Gasteiger charge is -2.24.